The van der Waals surface area contributed by atoms with E-state index in [9.17, 15) is 4.79 Å². The van der Waals surface area contributed by atoms with E-state index in [0.29, 0.717) is 12.6 Å². The Morgan fingerprint density at radius 1 is 1.29 bits per heavy atom. The molecule has 2 saturated heterocycles. The standard InChI is InChI=1S/C18H28N4O2/c1-14-11-21(12-15(2)24-14)13-17-4-3-9-22(17)18(23)20-10-16-5-7-19-8-6-16/h5-8,14-15,17H,3-4,9-13H2,1-2H3,(H,20,23)/t14-,15+,17-/m1/s1. The highest BCUT2D eigenvalue weighted by atomic mass is 16.5. The molecule has 3 rings (SSSR count). The summed E-state index contributed by atoms with van der Waals surface area (Å²) >= 11 is 0. The molecule has 2 amide bonds. The number of aromatic nitrogens is 1. The summed E-state index contributed by atoms with van der Waals surface area (Å²) in [5.74, 6) is 0. The van der Waals surface area contributed by atoms with E-state index in [1.165, 1.54) is 0 Å². The third-order valence-electron chi connectivity index (χ3n) is 4.80. The first kappa shape index (κ1) is 17.2. The summed E-state index contributed by atoms with van der Waals surface area (Å²) in [6.07, 6.45) is 6.21. The molecule has 0 bridgehead atoms. The fourth-order valence-corrected chi connectivity index (χ4v) is 3.80. The van der Waals surface area contributed by atoms with E-state index in [0.717, 1.165) is 44.6 Å². The first-order valence-corrected chi connectivity index (χ1v) is 8.93. The second kappa shape index (κ2) is 7.94. The van der Waals surface area contributed by atoms with Gasteiger partial charge in [-0.05, 0) is 44.4 Å². The molecule has 132 valence electrons. The van der Waals surface area contributed by atoms with Crippen molar-refractivity contribution in [2.45, 2.75) is 51.5 Å². The van der Waals surface area contributed by atoms with Gasteiger partial charge >= 0.3 is 6.03 Å². The zero-order valence-electron chi connectivity index (χ0n) is 14.6. The maximum atomic E-state index is 12.6. The normalized spacial score (nSPS) is 28.1. The molecule has 0 saturated carbocycles. The van der Waals surface area contributed by atoms with E-state index in [1.54, 1.807) is 12.4 Å². The molecule has 2 aliphatic rings. The van der Waals surface area contributed by atoms with Gasteiger partial charge in [0.25, 0.3) is 0 Å². The molecule has 1 aromatic rings. The van der Waals surface area contributed by atoms with E-state index < -0.39 is 0 Å². The van der Waals surface area contributed by atoms with Crippen molar-refractivity contribution in [3.05, 3.63) is 30.1 Å². The monoisotopic (exact) mass is 332 g/mol. The Morgan fingerprint density at radius 2 is 2.00 bits per heavy atom. The summed E-state index contributed by atoms with van der Waals surface area (Å²) < 4.78 is 5.80. The van der Waals surface area contributed by atoms with Gasteiger partial charge in [0.15, 0.2) is 0 Å². The summed E-state index contributed by atoms with van der Waals surface area (Å²) in [4.78, 5) is 21.0. The molecule has 3 heterocycles. The number of morpholine rings is 1. The van der Waals surface area contributed by atoms with Crippen LogP contribution < -0.4 is 5.32 Å². The third-order valence-corrected chi connectivity index (χ3v) is 4.80. The Labute approximate surface area is 144 Å². The number of carbonyl (C=O) groups excluding carboxylic acids is 1. The van der Waals surface area contributed by atoms with Crippen molar-refractivity contribution in [1.29, 1.82) is 0 Å². The maximum Gasteiger partial charge on any atom is 0.317 e. The van der Waals surface area contributed by atoms with Crippen molar-refractivity contribution < 1.29 is 9.53 Å². The van der Waals surface area contributed by atoms with Gasteiger partial charge in [0, 0.05) is 51.2 Å². The second-order valence-corrected chi connectivity index (χ2v) is 6.98. The number of nitrogens with zero attached hydrogens (tertiary/aromatic N) is 3. The number of ether oxygens (including phenoxy) is 1. The van der Waals surface area contributed by atoms with E-state index in [2.05, 4.69) is 29.0 Å². The van der Waals surface area contributed by atoms with Crippen molar-refractivity contribution in [1.82, 2.24) is 20.1 Å². The first-order chi connectivity index (χ1) is 11.6. The lowest BCUT2D eigenvalue weighted by molar-refractivity contribution is -0.0713. The van der Waals surface area contributed by atoms with E-state index in [-0.39, 0.29) is 18.2 Å². The van der Waals surface area contributed by atoms with Crippen LogP contribution in [0.3, 0.4) is 0 Å². The van der Waals surface area contributed by atoms with E-state index >= 15 is 0 Å². The van der Waals surface area contributed by atoms with E-state index in [1.807, 2.05) is 17.0 Å². The molecule has 1 aromatic heterocycles. The Kier molecular flexibility index (Phi) is 5.68. The highest BCUT2D eigenvalue weighted by Crippen LogP contribution is 2.20. The Bertz CT molecular complexity index is 529. The zero-order chi connectivity index (χ0) is 16.9. The minimum Gasteiger partial charge on any atom is -0.373 e. The summed E-state index contributed by atoms with van der Waals surface area (Å²) in [7, 11) is 0. The molecule has 6 heteroatoms. The number of urea groups is 1. The lowest BCUT2D eigenvalue weighted by Gasteiger charge is -2.38. The predicted octanol–water partition coefficient (Wildman–Crippen LogP) is 1.86. The lowest BCUT2D eigenvalue weighted by Crippen LogP contribution is -2.52. The quantitative estimate of drug-likeness (QED) is 0.914. The highest BCUT2D eigenvalue weighted by molar-refractivity contribution is 5.74. The van der Waals surface area contributed by atoms with Gasteiger partial charge in [-0.15, -0.1) is 0 Å². The number of rotatable bonds is 4. The van der Waals surface area contributed by atoms with Gasteiger partial charge in [-0.25, -0.2) is 4.79 Å². The van der Waals surface area contributed by atoms with Crippen molar-refractivity contribution in [3.8, 4) is 0 Å². The molecule has 1 N–H and O–H groups in total. The predicted molar refractivity (Wildman–Crippen MR) is 92.6 cm³/mol. The van der Waals surface area contributed by atoms with Crippen LogP contribution in [-0.2, 0) is 11.3 Å². The van der Waals surface area contributed by atoms with E-state index in [4.69, 9.17) is 4.74 Å². The van der Waals surface area contributed by atoms with Gasteiger partial charge in [0.05, 0.1) is 12.2 Å². The van der Waals surface area contributed by atoms with Crippen molar-refractivity contribution in [3.63, 3.8) is 0 Å². The van der Waals surface area contributed by atoms with Gasteiger partial charge in [-0.3, -0.25) is 9.88 Å². The molecule has 6 nitrogen and oxygen atoms in total. The molecule has 2 aliphatic heterocycles. The summed E-state index contributed by atoms with van der Waals surface area (Å²) in [5, 5.41) is 3.04. The summed E-state index contributed by atoms with van der Waals surface area (Å²) in [6, 6.07) is 4.21. The van der Waals surface area contributed by atoms with Crippen LogP contribution in [0.5, 0.6) is 0 Å². The molecule has 0 radical (unpaired) electrons. The Morgan fingerprint density at radius 3 is 2.71 bits per heavy atom. The molecular formula is C18H28N4O2. The highest BCUT2D eigenvalue weighted by Gasteiger charge is 2.32. The molecule has 0 aromatic carbocycles. The topological polar surface area (TPSA) is 57.7 Å². The number of hydrogen-bond donors (Lipinski definition) is 1. The first-order valence-electron chi connectivity index (χ1n) is 8.93. The Hall–Kier alpha value is -1.66. The van der Waals surface area contributed by atoms with Crippen LogP contribution in [0.15, 0.2) is 24.5 Å². The van der Waals surface area contributed by atoms with Gasteiger partial charge < -0.3 is 15.0 Å². The van der Waals surface area contributed by atoms with Gasteiger partial charge in [0.1, 0.15) is 0 Å². The van der Waals surface area contributed by atoms with Crippen LogP contribution in [0.2, 0.25) is 0 Å². The zero-order valence-corrected chi connectivity index (χ0v) is 14.6. The Balaban J connectivity index is 1.52. The van der Waals surface area contributed by atoms with Gasteiger partial charge in [0.2, 0.25) is 0 Å². The minimum atomic E-state index is 0.0451. The molecule has 24 heavy (non-hydrogen) atoms. The molecule has 3 atom stereocenters. The number of pyridine rings is 1. The number of carbonyl (C=O) groups is 1. The molecule has 0 aliphatic carbocycles. The molecule has 2 fully saturated rings. The van der Waals surface area contributed by atoms with Crippen LogP contribution in [-0.4, -0.2) is 65.2 Å². The van der Waals surface area contributed by atoms with Crippen molar-refractivity contribution in [2.24, 2.45) is 0 Å². The molecular weight excluding hydrogens is 304 g/mol. The minimum absolute atomic E-state index is 0.0451. The average molecular weight is 332 g/mol. The van der Waals surface area contributed by atoms with Gasteiger partial charge in [-0.2, -0.15) is 0 Å². The SMILES string of the molecule is C[C@@H]1CN(C[C@H]2CCCN2C(=O)NCc2ccncc2)C[C@H](C)O1. The largest absolute Gasteiger partial charge is 0.373 e. The van der Waals surface area contributed by atoms with Crippen LogP contribution in [0, 0.1) is 0 Å². The average Bonchev–Trinajstić information content (AvgIpc) is 3.01. The number of nitrogens with one attached hydrogen (secondary N) is 1. The summed E-state index contributed by atoms with van der Waals surface area (Å²) in [5.41, 5.74) is 1.07. The summed E-state index contributed by atoms with van der Waals surface area (Å²) in [6.45, 7) is 8.49. The van der Waals surface area contributed by atoms with Gasteiger partial charge in [-0.1, -0.05) is 0 Å². The number of amides is 2. The van der Waals surface area contributed by atoms with Crippen LogP contribution in [0.25, 0.3) is 0 Å². The second-order valence-electron chi connectivity index (χ2n) is 6.98. The number of hydrogen-bond acceptors (Lipinski definition) is 4. The van der Waals surface area contributed by atoms with Crippen LogP contribution in [0.4, 0.5) is 4.79 Å². The van der Waals surface area contributed by atoms with Crippen LogP contribution in [0.1, 0.15) is 32.3 Å². The smallest absolute Gasteiger partial charge is 0.317 e. The van der Waals surface area contributed by atoms with Crippen LogP contribution >= 0.6 is 0 Å². The van der Waals surface area contributed by atoms with Crippen molar-refractivity contribution >= 4 is 6.03 Å². The van der Waals surface area contributed by atoms with Crippen molar-refractivity contribution in [2.75, 3.05) is 26.2 Å². The third kappa shape index (κ3) is 4.45. The lowest BCUT2D eigenvalue weighted by atomic mass is 10.1. The molecule has 0 spiro atoms. The maximum absolute atomic E-state index is 12.6. The fraction of sp³-hybridized carbons (Fsp3) is 0.667. The fourth-order valence-electron chi connectivity index (χ4n) is 3.80. The number of likely N-dealkylation sites (tertiary alicyclic amines) is 1. The molecule has 0 unspecified atom stereocenters.